The number of likely N-dealkylation sites (tertiary alicyclic amines) is 3. The molecule has 0 atom stereocenters. The summed E-state index contributed by atoms with van der Waals surface area (Å²) in [6.07, 6.45) is 24.7. The van der Waals surface area contributed by atoms with Crippen molar-refractivity contribution in [1.82, 2.24) is 53.7 Å². The van der Waals surface area contributed by atoms with Crippen LogP contribution < -0.4 is 70.3 Å². The fraction of sp³-hybridized carbons (Fsp3) is 0.724. The molecule has 5 amide bonds. The Morgan fingerprint density at radius 3 is 1.16 bits per heavy atom. The van der Waals surface area contributed by atoms with Crippen molar-refractivity contribution >= 4 is 104 Å². The molecule has 4 aliphatic rings. The molecule has 3 fully saturated rings. The number of nitrogen functional groups attached to an aromatic ring is 1. The quantitative estimate of drug-likeness (QED) is 0.00814. The number of aryl methyl sites for hydroxylation is 2. The molecule has 5 aromatic heterocycles. The maximum atomic E-state index is 14.0. The number of hydrogen-bond acceptors (Lipinski definition) is 30. The first kappa shape index (κ1) is 121. The molecule has 137 heavy (non-hydrogen) atoms. The summed E-state index contributed by atoms with van der Waals surface area (Å²) >= 11 is 0. The summed E-state index contributed by atoms with van der Waals surface area (Å²) < 4.78 is 56.3. The van der Waals surface area contributed by atoms with E-state index in [0.717, 1.165) is 173 Å². The van der Waals surface area contributed by atoms with Crippen LogP contribution in [0.15, 0.2) is 5.57 Å². The van der Waals surface area contributed by atoms with Gasteiger partial charge in [-0.25, -0.2) is 19.2 Å². The molecule has 1 aliphatic carbocycles. The Labute approximate surface area is 838 Å². The van der Waals surface area contributed by atoms with E-state index in [0.29, 0.717) is 97.5 Å². The Morgan fingerprint density at radius 1 is 0.482 bits per heavy atom. The molecule has 39 heteroatoms. The summed E-state index contributed by atoms with van der Waals surface area (Å²) in [4.78, 5) is 126. The summed E-state index contributed by atoms with van der Waals surface area (Å²) in [7, 11) is -2.85. The summed E-state index contributed by atoms with van der Waals surface area (Å²) in [5.41, 5.74) is 15.3. The van der Waals surface area contributed by atoms with E-state index in [9.17, 15) is 34.5 Å². The number of rotatable bonds is 44. The SMILES string of the molecule is CCCCOc1nc(N(C(=O)OC(C)(C)C)C(=O)OC(C)(C)C)c2c(n1)c(CCCCCN1CCCCC1)c(C#N)n2COCC[Si](C)(C)C.CCCCOc1nc(N(C(=O)OC(C)(C)C)C(=O)OC(C)(C)C)c2c(n1)c(CCCCCN1CCCCC1)c(C(N)=O)n2COCC[Si](C)(C)C.CCCCOc1nc(N)c2c(n1)C(CCCCCN1CCCCC1)=C(C#N)C2.O=CO.O=CO[O-].[Na+]. The predicted molar refractivity (Wildman–Crippen MR) is 531 cm³/mol. The number of anilines is 3. The summed E-state index contributed by atoms with van der Waals surface area (Å²) in [5, 5.41) is 35.6. The van der Waals surface area contributed by atoms with Crippen molar-refractivity contribution in [2.45, 2.75) is 371 Å². The van der Waals surface area contributed by atoms with Crippen molar-refractivity contribution in [3.05, 3.63) is 39.3 Å². The monoisotopic (exact) mass is 1960 g/mol. The second-order valence-electron chi connectivity index (χ2n) is 41.3. The van der Waals surface area contributed by atoms with E-state index in [1.54, 1.807) is 92.2 Å². The van der Waals surface area contributed by atoms with Gasteiger partial charge < -0.3 is 93.2 Å². The van der Waals surface area contributed by atoms with Gasteiger partial charge >= 0.3 is 72.0 Å². The molecular formula is C98H162N17NaO19Si2. The van der Waals surface area contributed by atoms with Crippen LogP contribution in [0.3, 0.4) is 0 Å². The van der Waals surface area contributed by atoms with Gasteiger partial charge in [-0.3, -0.25) is 14.4 Å². The summed E-state index contributed by atoms with van der Waals surface area (Å²) in [6.45, 7) is 52.5. The molecule has 0 radical (unpaired) electrons. The molecule has 36 nitrogen and oxygen atoms in total. The zero-order valence-corrected chi connectivity index (χ0v) is 90.8. The Balaban J connectivity index is 0.000000427. The van der Waals surface area contributed by atoms with Crippen molar-refractivity contribution in [3.8, 4) is 30.2 Å². The van der Waals surface area contributed by atoms with Gasteiger partial charge in [0.15, 0.2) is 11.6 Å². The smallest absolute Gasteiger partial charge is 0.662 e. The van der Waals surface area contributed by atoms with Crippen molar-refractivity contribution in [2.75, 3.05) is 107 Å². The standard InChI is InChI=1S/C37H64N6O7Si.C37H62N6O6Si.C22H33N5O.CH2O3.CH2O2.Na/c1-11-12-23-48-33-39-28-27(19-15-13-16-20-41-21-17-14-18-22-41)29(31(38)44)42(26-47-24-25-51(8,9)10)30(28)32(40-33)43(34(45)49-36(2,3)4)35(46)50-37(5,6)7;1-11-12-23-47-33-39-30-28(19-15-13-16-20-41-21-17-14-18-22-41)29(26-38)42(27-46-24-25-50(8,9)10)31(30)32(40-33)43(34(44)48-36(2,3)4)35(45)49-37(5,6)7;1-2-3-14-28-22-25-20-18(17(16-23)15-19(20)21(24)26-22)10-6-4-7-11-27-12-8-5-9-13-27;2-1-4-3;2-1-3;/h11-26H2,1-10H3,(H2,38,44);11-25,27H2,1-10H3;2-15H2,1H3,(H2,24,25,26);1,3H;1H,(H,2,3);/q;;;;;+1/p-1. The van der Waals surface area contributed by atoms with E-state index in [1.807, 2.05) is 6.92 Å². The second kappa shape index (κ2) is 60.5. The number of carbonyl (C=O) groups is 7. The number of fused-ring (bicyclic) bond motifs is 3. The number of allylic oxidation sites excluding steroid dienone is 2. The fourth-order valence-electron chi connectivity index (χ4n) is 15.6. The number of hydrogen-bond donors (Lipinski definition) is 3. The van der Waals surface area contributed by atoms with Crippen LogP contribution >= 0.6 is 0 Å². The van der Waals surface area contributed by atoms with Crippen LogP contribution in [0.4, 0.5) is 36.6 Å². The Kier molecular flexibility index (Phi) is 53.2. The number of nitrogens with two attached hydrogens (primary N) is 2. The predicted octanol–water partition coefficient (Wildman–Crippen LogP) is 15.8. The van der Waals surface area contributed by atoms with Gasteiger partial charge in [-0.15, -0.1) is 0 Å². The number of nitriles is 2. The van der Waals surface area contributed by atoms with Crippen LogP contribution in [0.25, 0.3) is 27.6 Å². The third kappa shape index (κ3) is 43.1. The number of nitrogens with zero attached hydrogens (tertiary/aromatic N) is 15. The fourth-order valence-corrected chi connectivity index (χ4v) is 17.1. The number of carbonyl (C=O) groups excluding carboxylic acids is 6. The first-order valence-electron chi connectivity index (χ1n) is 49.2. The largest absolute Gasteiger partial charge is 1.00 e. The van der Waals surface area contributed by atoms with Gasteiger partial charge in [0.2, 0.25) is 0 Å². The van der Waals surface area contributed by atoms with Crippen LogP contribution in [0, 0.1) is 22.7 Å². The minimum atomic E-state index is -1.45. The van der Waals surface area contributed by atoms with Gasteiger partial charge in [-0.05, 0) is 275 Å². The molecule has 9 rings (SSSR count). The van der Waals surface area contributed by atoms with Gasteiger partial charge in [0, 0.05) is 58.0 Å². The van der Waals surface area contributed by atoms with Gasteiger partial charge in [-0.2, -0.15) is 50.2 Å². The van der Waals surface area contributed by atoms with Crippen LogP contribution in [0.1, 0.15) is 303 Å². The van der Waals surface area contributed by atoms with E-state index in [2.05, 4.69) is 105 Å². The van der Waals surface area contributed by atoms with Crippen molar-refractivity contribution < 1.29 is 121 Å². The molecule has 0 bridgehead atoms. The minimum absolute atomic E-state index is 0. The number of imide groups is 2. The first-order valence-corrected chi connectivity index (χ1v) is 56.6. The molecule has 8 heterocycles. The molecule has 0 aromatic carbocycles. The Hall–Kier alpha value is -8.68. The third-order valence-corrected chi connectivity index (χ3v) is 25.8. The Bertz CT molecular complexity index is 4630. The van der Waals surface area contributed by atoms with Crippen molar-refractivity contribution in [1.29, 1.82) is 10.5 Å². The van der Waals surface area contributed by atoms with Crippen LogP contribution in [0.2, 0.25) is 51.4 Å². The third-order valence-electron chi connectivity index (χ3n) is 22.3. The first-order chi connectivity index (χ1) is 64.3. The second-order valence-corrected chi connectivity index (χ2v) is 52.6. The topological polar surface area (TPSA) is 458 Å². The average Bonchev–Trinajstić information content (AvgIpc) is 1.59. The van der Waals surface area contributed by atoms with Crippen molar-refractivity contribution in [3.63, 3.8) is 0 Å². The number of piperidine rings is 3. The average molecular weight is 1960 g/mol. The van der Waals surface area contributed by atoms with Gasteiger partial charge in [0.25, 0.3) is 18.9 Å². The maximum absolute atomic E-state index is 14.0. The zero-order valence-electron chi connectivity index (χ0n) is 86.8. The number of aromatic nitrogens is 8. The molecule has 3 aliphatic heterocycles. The molecular weight excluding hydrogens is 1800 g/mol. The molecule has 0 saturated carbocycles. The molecule has 3 saturated heterocycles. The van der Waals surface area contributed by atoms with Crippen molar-refractivity contribution in [2.24, 2.45) is 5.73 Å². The van der Waals surface area contributed by atoms with E-state index < -0.39 is 68.8 Å². The number of primary amides is 1. The molecule has 762 valence electrons. The van der Waals surface area contributed by atoms with Crippen LogP contribution in [0.5, 0.6) is 18.0 Å². The molecule has 5 aromatic rings. The number of ether oxygens (including phenoxy) is 9. The Morgan fingerprint density at radius 2 is 0.825 bits per heavy atom. The maximum Gasteiger partial charge on any atom is 1.00 e. The van der Waals surface area contributed by atoms with E-state index in [1.165, 1.54) is 90.3 Å². The van der Waals surface area contributed by atoms with Gasteiger partial charge in [0.05, 0.1) is 31.6 Å². The zero-order chi connectivity index (χ0) is 101. The molecule has 5 N–H and O–H groups in total. The number of unbranched alkanes of at least 4 members (excludes halogenated alkanes) is 9. The molecule has 0 spiro atoms. The molecule has 0 unspecified atom stereocenters. The minimum Gasteiger partial charge on any atom is -0.662 e. The van der Waals surface area contributed by atoms with Crippen LogP contribution in [-0.4, -0.2) is 233 Å². The normalized spacial score (nSPS) is 14.3. The summed E-state index contributed by atoms with van der Waals surface area (Å²) in [5.74, 6) is -0.441. The van der Waals surface area contributed by atoms with E-state index in [4.69, 9.17) is 84.0 Å². The van der Waals surface area contributed by atoms with E-state index in [-0.39, 0.29) is 90.8 Å². The van der Waals surface area contributed by atoms with Crippen LogP contribution in [-0.2, 0) is 75.6 Å². The number of amides is 5. The van der Waals surface area contributed by atoms with Gasteiger partial charge in [0.1, 0.15) is 81.2 Å². The number of carboxylic acid groups (broad SMARTS) is 1. The van der Waals surface area contributed by atoms with Gasteiger partial charge in [-0.1, -0.05) is 118 Å². The summed E-state index contributed by atoms with van der Waals surface area (Å²) in [6, 6.07) is 6.89. The van der Waals surface area contributed by atoms with E-state index >= 15 is 0 Å².